The predicted octanol–water partition coefficient (Wildman–Crippen LogP) is 4.64. The molecule has 1 N–H and O–H groups in total. The van der Waals surface area contributed by atoms with Crippen LogP contribution in [0.3, 0.4) is 0 Å². The third kappa shape index (κ3) is 5.63. The molecule has 1 amide bonds. The van der Waals surface area contributed by atoms with Crippen molar-refractivity contribution in [2.75, 3.05) is 18.0 Å². The molecule has 0 unspecified atom stereocenters. The van der Waals surface area contributed by atoms with Crippen molar-refractivity contribution in [2.24, 2.45) is 5.92 Å². The maximum Gasteiger partial charge on any atom is 0.263 e. The summed E-state index contributed by atoms with van der Waals surface area (Å²) in [6.07, 6.45) is 5.42. The van der Waals surface area contributed by atoms with Crippen molar-refractivity contribution < 1.29 is 18.3 Å². The van der Waals surface area contributed by atoms with Gasteiger partial charge in [0.1, 0.15) is 17.4 Å². The zero-order valence-electron chi connectivity index (χ0n) is 18.4. The number of nitrogens with one attached hydrogen (secondary N) is 1. The molecule has 8 heteroatoms. The van der Waals surface area contributed by atoms with Crippen molar-refractivity contribution in [2.45, 2.75) is 32.7 Å². The molecule has 0 radical (unpaired) electrons. The zero-order valence-corrected chi connectivity index (χ0v) is 18.4. The standard InChI is InChI=1S/C25H26F2N4O2/c1-2-17-3-7-21(8-4-17)33-25-23(28-11-12-29-25)31-13-9-18(10-14-31)24(32)30-16-19-5-6-20(26)15-22(19)27/h3-8,11-12,15,18H,2,9-10,13-14,16H2,1H3,(H,30,32). The Balaban J connectivity index is 1.34. The van der Waals surface area contributed by atoms with Gasteiger partial charge in [0.2, 0.25) is 5.91 Å². The number of rotatable bonds is 7. The Labute approximate surface area is 191 Å². The minimum absolute atomic E-state index is 0.0319. The Morgan fingerprint density at radius 3 is 2.52 bits per heavy atom. The number of ether oxygens (including phenoxy) is 1. The van der Waals surface area contributed by atoms with Gasteiger partial charge < -0.3 is 15.0 Å². The Bertz CT molecular complexity index is 1100. The lowest BCUT2D eigenvalue weighted by Gasteiger charge is -2.32. The van der Waals surface area contributed by atoms with Crippen LogP contribution in [-0.2, 0) is 17.8 Å². The molecule has 0 saturated carbocycles. The molecule has 1 aliphatic rings. The van der Waals surface area contributed by atoms with E-state index >= 15 is 0 Å². The van der Waals surface area contributed by atoms with Gasteiger partial charge in [0.25, 0.3) is 5.88 Å². The van der Waals surface area contributed by atoms with Crippen molar-refractivity contribution in [1.82, 2.24) is 15.3 Å². The summed E-state index contributed by atoms with van der Waals surface area (Å²) in [5, 5.41) is 2.76. The number of hydrogen-bond donors (Lipinski definition) is 1. The lowest BCUT2D eigenvalue weighted by atomic mass is 9.96. The summed E-state index contributed by atoms with van der Waals surface area (Å²) < 4.78 is 32.8. The molecule has 2 aromatic carbocycles. The van der Waals surface area contributed by atoms with E-state index in [0.717, 1.165) is 12.5 Å². The van der Waals surface area contributed by atoms with Crippen molar-refractivity contribution in [3.63, 3.8) is 0 Å². The highest BCUT2D eigenvalue weighted by Gasteiger charge is 2.27. The number of carbonyl (C=O) groups is 1. The quantitative estimate of drug-likeness (QED) is 0.566. The van der Waals surface area contributed by atoms with Gasteiger partial charge in [-0.1, -0.05) is 25.1 Å². The summed E-state index contributed by atoms with van der Waals surface area (Å²) in [5.74, 6) is 0.138. The minimum Gasteiger partial charge on any atom is -0.436 e. The van der Waals surface area contributed by atoms with Gasteiger partial charge in [0, 0.05) is 49.6 Å². The third-order valence-electron chi connectivity index (χ3n) is 5.83. The van der Waals surface area contributed by atoms with E-state index in [1.54, 1.807) is 12.4 Å². The van der Waals surface area contributed by atoms with Gasteiger partial charge in [-0.2, -0.15) is 0 Å². The maximum absolute atomic E-state index is 13.8. The van der Waals surface area contributed by atoms with Crippen LogP contribution in [0.1, 0.15) is 30.9 Å². The first kappa shape index (κ1) is 22.6. The molecule has 4 rings (SSSR count). The van der Waals surface area contributed by atoms with Crippen LogP contribution < -0.4 is 15.0 Å². The summed E-state index contributed by atoms with van der Waals surface area (Å²) in [7, 11) is 0. The lowest BCUT2D eigenvalue weighted by Crippen LogP contribution is -2.40. The Morgan fingerprint density at radius 2 is 1.82 bits per heavy atom. The van der Waals surface area contributed by atoms with Gasteiger partial charge >= 0.3 is 0 Å². The second-order valence-corrected chi connectivity index (χ2v) is 8.00. The molecule has 1 saturated heterocycles. The van der Waals surface area contributed by atoms with Crippen molar-refractivity contribution in [3.8, 4) is 11.6 Å². The average Bonchev–Trinajstić information content (AvgIpc) is 2.84. The molecule has 0 bridgehead atoms. The Morgan fingerprint density at radius 1 is 1.09 bits per heavy atom. The average molecular weight is 453 g/mol. The number of halogens is 2. The largest absolute Gasteiger partial charge is 0.436 e. The Hall–Kier alpha value is -3.55. The van der Waals surface area contributed by atoms with Gasteiger partial charge in [0.15, 0.2) is 5.82 Å². The van der Waals surface area contributed by atoms with Crippen LogP contribution in [0.5, 0.6) is 11.6 Å². The van der Waals surface area contributed by atoms with Crippen LogP contribution in [-0.4, -0.2) is 29.0 Å². The van der Waals surface area contributed by atoms with Crippen LogP contribution in [0.4, 0.5) is 14.6 Å². The molecule has 0 spiro atoms. The van der Waals surface area contributed by atoms with E-state index in [0.29, 0.717) is 43.4 Å². The topological polar surface area (TPSA) is 67.4 Å². The minimum atomic E-state index is -0.662. The van der Waals surface area contributed by atoms with Gasteiger partial charge in [-0.25, -0.2) is 18.7 Å². The number of aryl methyl sites for hydroxylation is 1. The van der Waals surface area contributed by atoms with E-state index in [4.69, 9.17) is 4.74 Å². The number of benzene rings is 2. The molecule has 172 valence electrons. The number of piperidine rings is 1. The van der Waals surface area contributed by atoms with Crippen LogP contribution in [0.15, 0.2) is 54.9 Å². The van der Waals surface area contributed by atoms with E-state index in [2.05, 4.69) is 27.1 Å². The summed E-state index contributed by atoms with van der Waals surface area (Å²) in [6.45, 7) is 3.37. The van der Waals surface area contributed by atoms with Crippen LogP contribution in [0.2, 0.25) is 0 Å². The smallest absolute Gasteiger partial charge is 0.263 e. The van der Waals surface area contributed by atoms with Crippen LogP contribution >= 0.6 is 0 Å². The number of aromatic nitrogens is 2. The first-order valence-corrected chi connectivity index (χ1v) is 11.1. The Kier molecular flexibility index (Phi) is 7.12. The highest BCUT2D eigenvalue weighted by atomic mass is 19.1. The van der Waals surface area contributed by atoms with Gasteiger partial charge in [-0.3, -0.25) is 4.79 Å². The van der Waals surface area contributed by atoms with E-state index in [-0.39, 0.29) is 23.9 Å². The van der Waals surface area contributed by atoms with Crippen LogP contribution in [0, 0.1) is 17.6 Å². The number of carbonyl (C=O) groups excluding carboxylic acids is 1. The number of hydrogen-bond acceptors (Lipinski definition) is 5. The second kappa shape index (κ2) is 10.4. The normalized spacial score (nSPS) is 14.2. The van der Waals surface area contributed by atoms with E-state index < -0.39 is 11.6 Å². The summed E-state index contributed by atoms with van der Waals surface area (Å²) in [4.78, 5) is 23.5. The summed E-state index contributed by atoms with van der Waals surface area (Å²) in [6, 6.07) is 11.2. The van der Waals surface area contributed by atoms with E-state index in [1.807, 2.05) is 24.3 Å². The fourth-order valence-corrected chi connectivity index (χ4v) is 3.86. The SMILES string of the molecule is CCc1ccc(Oc2nccnc2N2CCC(C(=O)NCc3ccc(F)cc3F)CC2)cc1. The fourth-order valence-electron chi connectivity index (χ4n) is 3.86. The molecule has 1 aromatic heterocycles. The van der Waals surface area contributed by atoms with Gasteiger partial charge in [-0.05, 0) is 43.0 Å². The molecule has 6 nitrogen and oxygen atoms in total. The molecule has 0 atom stereocenters. The van der Waals surface area contributed by atoms with Crippen LogP contribution in [0.25, 0.3) is 0 Å². The highest BCUT2D eigenvalue weighted by molar-refractivity contribution is 5.79. The first-order chi connectivity index (χ1) is 16.0. The van der Waals surface area contributed by atoms with Crippen molar-refractivity contribution in [1.29, 1.82) is 0 Å². The molecule has 0 aliphatic carbocycles. The maximum atomic E-state index is 13.8. The third-order valence-corrected chi connectivity index (χ3v) is 5.83. The zero-order chi connectivity index (χ0) is 23.2. The molecule has 33 heavy (non-hydrogen) atoms. The van der Waals surface area contributed by atoms with Crippen molar-refractivity contribution in [3.05, 3.63) is 77.6 Å². The molecular formula is C25H26F2N4O2. The fraction of sp³-hybridized carbons (Fsp3) is 0.320. The van der Waals surface area contributed by atoms with E-state index in [9.17, 15) is 13.6 Å². The predicted molar refractivity (Wildman–Crippen MR) is 121 cm³/mol. The molecule has 2 heterocycles. The number of amides is 1. The second-order valence-electron chi connectivity index (χ2n) is 8.00. The molecule has 1 fully saturated rings. The van der Waals surface area contributed by atoms with Crippen molar-refractivity contribution >= 4 is 11.7 Å². The van der Waals surface area contributed by atoms with Gasteiger partial charge in [0.05, 0.1) is 0 Å². The number of anilines is 1. The first-order valence-electron chi connectivity index (χ1n) is 11.1. The highest BCUT2D eigenvalue weighted by Crippen LogP contribution is 2.31. The molecule has 3 aromatic rings. The van der Waals surface area contributed by atoms with Gasteiger partial charge in [-0.15, -0.1) is 0 Å². The monoisotopic (exact) mass is 452 g/mol. The number of nitrogens with zero attached hydrogens (tertiary/aromatic N) is 3. The molecule has 1 aliphatic heterocycles. The molecular weight excluding hydrogens is 426 g/mol. The summed E-state index contributed by atoms with van der Waals surface area (Å²) >= 11 is 0. The lowest BCUT2D eigenvalue weighted by molar-refractivity contribution is -0.125. The van der Waals surface area contributed by atoms with E-state index in [1.165, 1.54) is 17.7 Å². The summed E-state index contributed by atoms with van der Waals surface area (Å²) in [5.41, 5.74) is 1.49.